The SMILES string of the molecule is Nc1ccc(-c2ccc(F)cc2)nc1CC(=O)N1CCC2(CCOCC2)C1. The van der Waals surface area contributed by atoms with Crippen molar-refractivity contribution in [1.82, 2.24) is 9.88 Å². The Morgan fingerprint density at radius 1 is 1.15 bits per heavy atom. The summed E-state index contributed by atoms with van der Waals surface area (Å²) in [5.74, 6) is -0.227. The van der Waals surface area contributed by atoms with Gasteiger partial charge in [0.15, 0.2) is 0 Å². The van der Waals surface area contributed by atoms with Crippen LogP contribution >= 0.6 is 0 Å². The summed E-state index contributed by atoms with van der Waals surface area (Å²) in [4.78, 5) is 19.3. The van der Waals surface area contributed by atoms with Gasteiger partial charge >= 0.3 is 0 Å². The van der Waals surface area contributed by atoms with Crippen molar-refractivity contribution in [3.05, 3.63) is 47.9 Å². The van der Waals surface area contributed by atoms with Crippen LogP contribution in [0, 0.1) is 11.2 Å². The Labute approximate surface area is 158 Å². The summed E-state index contributed by atoms with van der Waals surface area (Å²) in [6.45, 7) is 3.16. The van der Waals surface area contributed by atoms with Gasteiger partial charge in [0.1, 0.15) is 5.82 Å². The van der Waals surface area contributed by atoms with Crippen LogP contribution in [-0.4, -0.2) is 42.1 Å². The highest BCUT2D eigenvalue weighted by Crippen LogP contribution is 2.39. The lowest BCUT2D eigenvalue weighted by Gasteiger charge is -2.33. The molecule has 142 valence electrons. The Balaban J connectivity index is 1.48. The molecule has 2 aliphatic rings. The highest BCUT2D eigenvalue weighted by molar-refractivity contribution is 5.80. The standard InChI is InChI=1S/C21H24FN3O2/c22-16-3-1-15(2-4-16)18-6-5-17(23)19(24-18)13-20(26)25-10-7-21(14-25)8-11-27-12-9-21/h1-6H,7-14,23H2. The van der Waals surface area contributed by atoms with Gasteiger partial charge < -0.3 is 15.4 Å². The average Bonchev–Trinajstić information content (AvgIpc) is 3.08. The molecule has 0 atom stereocenters. The van der Waals surface area contributed by atoms with Crippen molar-refractivity contribution in [2.45, 2.75) is 25.7 Å². The minimum Gasteiger partial charge on any atom is -0.397 e. The van der Waals surface area contributed by atoms with Gasteiger partial charge in [-0.2, -0.15) is 0 Å². The van der Waals surface area contributed by atoms with Gasteiger partial charge in [-0.05, 0) is 61.1 Å². The van der Waals surface area contributed by atoms with E-state index in [1.165, 1.54) is 12.1 Å². The van der Waals surface area contributed by atoms with E-state index in [2.05, 4.69) is 4.98 Å². The summed E-state index contributed by atoms with van der Waals surface area (Å²) in [5.41, 5.74) is 8.86. The zero-order chi connectivity index (χ0) is 18.9. The van der Waals surface area contributed by atoms with E-state index in [-0.39, 0.29) is 23.6 Å². The molecule has 2 aromatic rings. The van der Waals surface area contributed by atoms with Gasteiger partial charge in [0.2, 0.25) is 5.91 Å². The number of nitrogens with two attached hydrogens (primary N) is 1. The van der Waals surface area contributed by atoms with E-state index in [0.717, 1.165) is 51.1 Å². The van der Waals surface area contributed by atoms with Gasteiger partial charge in [-0.1, -0.05) is 0 Å². The molecule has 1 amide bonds. The molecule has 5 nitrogen and oxygen atoms in total. The molecule has 0 aliphatic carbocycles. The van der Waals surface area contributed by atoms with Gasteiger partial charge in [0.05, 0.1) is 23.5 Å². The fourth-order valence-corrected chi connectivity index (χ4v) is 4.05. The molecule has 6 heteroatoms. The first-order valence-corrected chi connectivity index (χ1v) is 9.42. The van der Waals surface area contributed by atoms with Crippen molar-refractivity contribution in [3.8, 4) is 11.3 Å². The Hall–Kier alpha value is -2.47. The summed E-state index contributed by atoms with van der Waals surface area (Å²) in [6, 6.07) is 9.71. The molecular formula is C21H24FN3O2. The minimum absolute atomic E-state index is 0.0637. The summed E-state index contributed by atoms with van der Waals surface area (Å²) >= 11 is 0. The molecule has 2 aliphatic heterocycles. The van der Waals surface area contributed by atoms with Crippen molar-refractivity contribution < 1.29 is 13.9 Å². The molecule has 1 spiro atoms. The molecule has 2 saturated heterocycles. The lowest BCUT2D eigenvalue weighted by atomic mass is 9.80. The number of likely N-dealkylation sites (tertiary alicyclic amines) is 1. The van der Waals surface area contributed by atoms with E-state index >= 15 is 0 Å². The zero-order valence-electron chi connectivity index (χ0n) is 15.3. The number of hydrogen-bond donors (Lipinski definition) is 1. The topological polar surface area (TPSA) is 68.5 Å². The summed E-state index contributed by atoms with van der Waals surface area (Å²) in [7, 11) is 0. The van der Waals surface area contributed by atoms with Gasteiger partial charge in [-0.3, -0.25) is 9.78 Å². The van der Waals surface area contributed by atoms with Crippen LogP contribution in [0.3, 0.4) is 0 Å². The molecule has 2 N–H and O–H groups in total. The van der Waals surface area contributed by atoms with Gasteiger partial charge in [-0.25, -0.2) is 4.39 Å². The number of benzene rings is 1. The number of aromatic nitrogens is 1. The first-order valence-electron chi connectivity index (χ1n) is 9.42. The minimum atomic E-state index is -0.291. The number of nitrogen functional groups attached to an aromatic ring is 1. The Kier molecular flexibility index (Phi) is 4.83. The van der Waals surface area contributed by atoms with Crippen LogP contribution in [-0.2, 0) is 16.0 Å². The van der Waals surface area contributed by atoms with Crippen LogP contribution in [0.1, 0.15) is 25.0 Å². The molecule has 1 aromatic heterocycles. The molecule has 1 aromatic carbocycles. The van der Waals surface area contributed by atoms with Crippen molar-refractivity contribution in [1.29, 1.82) is 0 Å². The molecule has 0 bridgehead atoms. The van der Waals surface area contributed by atoms with E-state index in [4.69, 9.17) is 10.5 Å². The number of carbonyl (C=O) groups is 1. The third kappa shape index (κ3) is 3.81. The summed E-state index contributed by atoms with van der Waals surface area (Å²) < 4.78 is 18.6. The largest absolute Gasteiger partial charge is 0.397 e. The van der Waals surface area contributed by atoms with Crippen LogP contribution in [0.5, 0.6) is 0 Å². The van der Waals surface area contributed by atoms with Crippen LogP contribution in [0.25, 0.3) is 11.3 Å². The second-order valence-electron chi connectivity index (χ2n) is 7.59. The fourth-order valence-electron chi connectivity index (χ4n) is 4.05. The number of nitrogens with zero attached hydrogens (tertiary/aromatic N) is 2. The molecule has 4 rings (SSSR count). The van der Waals surface area contributed by atoms with E-state index < -0.39 is 0 Å². The van der Waals surface area contributed by atoms with E-state index in [0.29, 0.717) is 17.1 Å². The molecule has 0 radical (unpaired) electrons. The number of halogens is 1. The van der Waals surface area contributed by atoms with Gasteiger partial charge in [-0.15, -0.1) is 0 Å². The van der Waals surface area contributed by atoms with Gasteiger partial charge in [0.25, 0.3) is 0 Å². The number of hydrogen-bond acceptors (Lipinski definition) is 4. The van der Waals surface area contributed by atoms with Crippen molar-refractivity contribution >= 4 is 11.6 Å². The number of anilines is 1. The summed E-state index contributed by atoms with van der Waals surface area (Å²) in [5, 5.41) is 0. The lowest BCUT2D eigenvalue weighted by molar-refractivity contribution is -0.130. The highest BCUT2D eigenvalue weighted by Gasteiger charge is 2.40. The van der Waals surface area contributed by atoms with Crippen LogP contribution < -0.4 is 5.73 Å². The van der Waals surface area contributed by atoms with Crippen LogP contribution in [0.2, 0.25) is 0 Å². The predicted octanol–water partition coefficient (Wildman–Crippen LogP) is 3.04. The monoisotopic (exact) mass is 369 g/mol. The highest BCUT2D eigenvalue weighted by atomic mass is 19.1. The summed E-state index contributed by atoms with van der Waals surface area (Å²) in [6.07, 6.45) is 3.28. The van der Waals surface area contributed by atoms with E-state index in [9.17, 15) is 9.18 Å². The van der Waals surface area contributed by atoms with Crippen molar-refractivity contribution in [2.75, 3.05) is 32.0 Å². The number of ether oxygens (including phenoxy) is 1. The second-order valence-corrected chi connectivity index (χ2v) is 7.59. The van der Waals surface area contributed by atoms with Crippen molar-refractivity contribution in [3.63, 3.8) is 0 Å². The normalized spacial score (nSPS) is 18.8. The van der Waals surface area contributed by atoms with Gasteiger partial charge in [0, 0.05) is 31.9 Å². The van der Waals surface area contributed by atoms with Crippen LogP contribution in [0.4, 0.5) is 10.1 Å². The fraction of sp³-hybridized carbons (Fsp3) is 0.429. The number of carbonyl (C=O) groups excluding carboxylic acids is 1. The second kappa shape index (κ2) is 7.27. The molecule has 0 unspecified atom stereocenters. The average molecular weight is 369 g/mol. The smallest absolute Gasteiger partial charge is 0.228 e. The number of amides is 1. The molecule has 0 saturated carbocycles. The molecule has 27 heavy (non-hydrogen) atoms. The quantitative estimate of drug-likeness (QED) is 0.903. The Morgan fingerprint density at radius 2 is 1.89 bits per heavy atom. The van der Waals surface area contributed by atoms with Crippen LogP contribution in [0.15, 0.2) is 36.4 Å². The predicted molar refractivity (Wildman–Crippen MR) is 101 cm³/mol. The zero-order valence-corrected chi connectivity index (χ0v) is 15.3. The van der Waals surface area contributed by atoms with E-state index in [1.807, 2.05) is 4.90 Å². The molecular weight excluding hydrogens is 345 g/mol. The maximum absolute atomic E-state index is 13.1. The Bertz CT molecular complexity index is 832. The molecule has 2 fully saturated rings. The first kappa shape index (κ1) is 17.9. The lowest BCUT2D eigenvalue weighted by Crippen LogP contribution is -2.36. The van der Waals surface area contributed by atoms with Crippen molar-refractivity contribution in [2.24, 2.45) is 5.41 Å². The third-order valence-corrected chi connectivity index (χ3v) is 5.81. The number of rotatable bonds is 3. The first-order chi connectivity index (χ1) is 13.0. The van der Waals surface area contributed by atoms with E-state index in [1.54, 1.807) is 24.3 Å². The molecule has 3 heterocycles. The third-order valence-electron chi connectivity index (χ3n) is 5.81. The maximum atomic E-state index is 13.1. The Morgan fingerprint density at radius 3 is 2.63 bits per heavy atom. The maximum Gasteiger partial charge on any atom is 0.228 e. The number of pyridine rings is 1.